The highest BCUT2D eigenvalue weighted by atomic mass is 16.5. The van der Waals surface area contributed by atoms with E-state index in [1.807, 2.05) is 0 Å². The van der Waals surface area contributed by atoms with Gasteiger partial charge in [0.05, 0.1) is 0 Å². The molecule has 5 heavy (non-hydrogen) atoms. The molecule has 29 valence electrons. The van der Waals surface area contributed by atoms with Gasteiger partial charge in [0.2, 0.25) is 6.40 Å². The van der Waals surface area contributed by atoms with Gasteiger partial charge >= 0.3 is 0 Å². The molecule has 0 aliphatic rings. The highest BCUT2D eigenvalue weighted by Crippen LogP contribution is 1.51. The summed E-state index contributed by atoms with van der Waals surface area (Å²) in [5.74, 6) is 0. The van der Waals surface area contributed by atoms with Gasteiger partial charge in [-0.25, -0.2) is 0 Å². The van der Waals surface area contributed by atoms with Crippen molar-refractivity contribution in [2.24, 2.45) is 5.16 Å². The normalized spacial score (nSPS) is 9.00. The van der Waals surface area contributed by atoms with Crippen LogP contribution < -0.4 is 0 Å². The molecule has 0 heterocycles. The summed E-state index contributed by atoms with van der Waals surface area (Å²) in [7, 11) is 2.87. The quantitative estimate of drug-likeness (QED) is 0.209. The summed E-state index contributed by atoms with van der Waals surface area (Å²) in [6, 6.07) is 0. The molecule has 0 aromatic carbocycles. The van der Waals surface area contributed by atoms with Crippen molar-refractivity contribution in [2.75, 3.05) is 0 Å². The predicted molar refractivity (Wildman–Crippen MR) is 16.7 cm³/mol. The summed E-state index contributed by atoms with van der Waals surface area (Å²) in [6.07, 6.45) is 0.819. The van der Waals surface area contributed by atoms with Crippen LogP contribution in [0.1, 0.15) is 0 Å². The molecule has 0 amide bonds. The fourth-order valence-corrected chi connectivity index (χ4v) is 0.0333. The zero-order valence-corrected chi connectivity index (χ0v) is 2.59. The second kappa shape index (κ2) is 3.27. The van der Waals surface area contributed by atoms with Crippen LogP contribution in [0.2, 0.25) is 0 Å². The van der Waals surface area contributed by atoms with Crippen LogP contribution in [-0.4, -0.2) is 11.6 Å². The standard InChI is InChI=1S/C2H4NO2/c1-5-2-3-4/h2,4H,1H2/b3-2+. The Balaban J connectivity index is 2.62. The van der Waals surface area contributed by atoms with E-state index >= 15 is 0 Å². The zero-order valence-electron chi connectivity index (χ0n) is 2.59. The van der Waals surface area contributed by atoms with E-state index < -0.39 is 0 Å². The van der Waals surface area contributed by atoms with Gasteiger partial charge in [-0.05, 0) is 0 Å². The maximum atomic E-state index is 7.47. The first-order valence-corrected chi connectivity index (χ1v) is 0.983. The third-order valence-corrected chi connectivity index (χ3v) is 0.122. The van der Waals surface area contributed by atoms with Crippen LogP contribution in [0.3, 0.4) is 0 Å². The van der Waals surface area contributed by atoms with Crippen LogP contribution in [0.25, 0.3) is 0 Å². The van der Waals surface area contributed by atoms with Crippen molar-refractivity contribution in [2.45, 2.75) is 0 Å². The van der Waals surface area contributed by atoms with Gasteiger partial charge in [-0.3, -0.25) is 0 Å². The average Bonchev–Trinajstić information content (AvgIpc) is 1.41. The molecule has 0 saturated heterocycles. The molecular weight excluding hydrogens is 70.0 g/mol. The molecule has 0 atom stereocenters. The molecule has 0 spiro atoms. The van der Waals surface area contributed by atoms with Gasteiger partial charge in [-0.15, -0.1) is 0 Å². The summed E-state index contributed by atoms with van der Waals surface area (Å²) in [4.78, 5) is 0. The Morgan fingerprint density at radius 3 is 2.60 bits per heavy atom. The Bertz CT molecular complexity index is 34.6. The van der Waals surface area contributed by atoms with Crippen LogP contribution in [-0.2, 0) is 4.74 Å². The van der Waals surface area contributed by atoms with Crippen molar-refractivity contribution in [1.29, 1.82) is 0 Å². The van der Waals surface area contributed by atoms with E-state index in [9.17, 15) is 0 Å². The summed E-state index contributed by atoms with van der Waals surface area (Å²) in [5, 5.41) is 9.92. The van der Waals surface area contributed by atoms with Crippen molar-refractivity contribution in [3.05, 3.63) is 7.11 Å². The minimum atomic E-state index is 0.819. The molecule has 0 unspecified atom stereocenters. The van der Waals surface area contributed by atoms with Crippen molar-refractivity contribution in [1.82, 2.24) is 0 Å². The lowest BCUT2D eigenvalue weighted by atomic mass is 11.4. The lowest BCUT2D eigenvalue weighted by Gasteiger charge is -1.73. The Hall–Kier alpha value is -0.730. The fraction of sp³-hybridized carbons (Fsp3) is 0. The van der Waals surface area contributed by atoms with E-state index in [0.29, 0.717) is 0 Å². The Morgan fingerprint density at radius 2 is 2.60 bits per heavy atom. The van der Waals surface area contributed by atoms with Crippen molar-refractivity contribution in [3.63, 3.8) is 0 Å². The smallest absolute Gasteiger partial charge is 0.212 e. The molecule has 3 nitrogen and oxygen atoms in total. The number of rotatable bonds is 1. The molecule has 0 fully saturated rings. The molecule has 1 radical (unpaired) electrons. The van der Waals surface area contributed by atoms with E-state index in [0.717, 1.165) is 6.40 Å². The topological polar surface area (TPSA) is 41.8 Å². The minimum absolute atomic E-state index is 0.819. The molecule has 0 aliphatic carbocycles. The van der Waals surface area contributed by atoms with E-state index in [1.54, 1.807) is 0 Å². The number of ether oxygens (including phenoxy) is 1. The first-order chi connectivity index (χ1) is 2.41. The lowest BCUT2D eigenvalue weighted by Crippen LogP contribution is -1.68. The number of hydrogen-bond donors (Lipinski definition) is 1. The summed E-state index contributed by atoms with van der Waals surface area (Å²) in [6.45, 7) is 0. The molecular formula is C2H4NO2. The first-order valence-electron chi connectivity index (χ1n) is 0.983. The van der Waals surface area contributed by atoms with Gasteiger partial charge in [0.1, 0.15) is 7.11 Å². The number of nitrogens with zero attached hydrogens (tertiary/aromatic N) is 1. The average molecular weight is 74.1 g/mol. The summed E-state index contributed by atoms with van der Waals surface area (Å²) >= 11 is 0. The largest absolute Gasteiger partial charge is 0.477 e. The van der Waals surface area contributed by atoms with Crippen LogP contribution in [0.5, 0.6) is 0 Å². The van der Waals surface area contributed by atoms with Gasteiger partial charge in [0.15, 0.2) is 0 Å². The second-order valence-corrected chi connectivity index (χ2v) is 0.388. The van der Waals surface area contributed by atoms with Gasteiger partial charge in [-0.2, -0.15) is 0 Å². The SMILES string of the molecule is [CH2]O/C=N/O. The van der Waals surface area contributed by atoms with E-state index in [-0.39, 0.29) is 0 Å². The highest BCUT2D eigenvalue weighted by molar-refractivity contribution is 5.44. The molecule has 1 N–H and O–H groups in total. The van der Waals surface area contributed by atoms with Gasteiger partial charge in [0.25, 0.3) is 0 Å². The van der Waals surface area contributed by atoms with Crippen molar-refractivity contribution >= 4 is 6.40 Å². The molecule has 0 saturated carbocycles. The molecule has 0 rings (SSSR count). The lowest BCUT2D eigenvalue weighted by molar-refractivity contribution is 0.303. The molecule has 0 aromatic heterocycles. The van der Waals surface area contributed by atoms with Gasteiger partial charge in [0, 0.05) is 0 Å². The Kier molecular flexibility index (Phi) is 2.79. The van der Waals surface area contributed by atoms with Crippen LogP contribution in [0, 0.1) is 7.11 Å². The van der Waals surface area contributed by atoms with Gasteiger partial charge < -0.3 is 9.94 Å². The molecule has 0 aliphatic heterocycles. The number of oxime groups is 1. The van der Waals surface area contributed by atoms with Crippen molar-refractivity contribution in [3.8, 4) is 0 Å². The predicted octanol–water partition coefficient (Wildman–Crippen LogP) is 0.212. The molecule has 3 heteroatoms. The van der Waals surface area contributed by atoms with Crippen molar-refractivity contribution < 1.29 is 9.94 Å². The number of hydrogen-bond acceptors (Lipinski definition) is 3. The van der Waals surface area contributed by atoms with Gasteiger partial charge in [-0.1, -0.05) is 5.16 Å². The van der Waals surface area contributed by atoms with E-state index in [2.05, 4.69) is 17.0 Å². The van der Waals surface area contributed by atoms with E-state index in [1.165, 1.54) is 0 Å². The van der Waals surface area contributed by atoms with Crippen LogP contribution in [0.4, 0.5) is 0 Å². The third kappa shape index (κ3) is 3.27. The Morgan fingerprint density at radius 1 is 2.00 bits per heavy atom. The molecule has 0 aromatic rings. The van der Waals surface area contributed by atoms with Crippen LogP contribution >= 0.6 is 0 Å². The monoisotopic (exact) mass is 74.0 g/mol. The zero-order chi connectivity index (χ0) is 4.12. The fourth-order valence-electron chi connectivity index (χ4n) is 0.0333. The minimum Gasteiger partial charge on any atom is -0.477 e. The maximum Gasteiger partial charge on any atom is 0.212 e. The summed E-state index contributed by atoms with van der Waals surface area (Å²) < 4.78 is 3.90. The second-order valence-electron chi connectivity index (χ2n) is 0.388. The van der Waals surface area contributed by atoms with Crippen LogP contribution in [0.15, 0.2) is 5.16 Å². The first kappa shape index (κ1) is 4.27. The summed E-state index contributed by atoms with van der Waals surface area (Å²) in [5.41, 5.74) is 0. The Labute approximate surface area is 29.9 Å². The molecule has 0 bridgehead atoms. The highest BCUT2D eigenvalue weighted by Gasteiger charge is 1.50. The maximum absolute atomic E-state index is 7.47. The van der Waals surface area contributed by atoms with E-state index in [4.69, 9.17) is 5.21 Å². The third-order valence-electron chi connectivity index (χ3n) is 0.122.